The molecule has 1 saturated heterocycles. The van der Waals surface area contributed by atoms with Gasteiger partial charge in [-0.25, -0.2) is 0 Å². The molecule has 0 aliphatic carbocycles. The Hall–Kier alpha value is -1.92. The lowest BCUT2D eigenvalue weighted by molar-refractivity contribution is -0.127. The molecule has 3 rings (SSSR count). The molecule has 1 aliphatic heterocycles. The van der Waals surface area contributed by atoms with Crippen LogP contribution in [0.5, 0.6) is 0 Å². The summed E-state index contributed by atoms with van der Waals surface area (Å²) in [6, 6.07) is 7.70. The minimum atomic E-state index is 0.103. The highest BCUT2D eigenvalue weighted by Crippen LogP contribution is 2.22. The molecule has 6 nitrogen and oxygen atoms in total. The molecular formula is C20H27ClN4O2. The van der Waals surface area contributed by atoms with Crippen LogP contribution in [0.3, 0.4) is 0 Å². The number of benzene rings is 1. The third-order valence-electron chi connectivity index (χ3n) is 5.20. The first-order chi connectivity index (χ1) is 13.1. The Balaban J connectivity index is 1.50. The van der Waals surface area contributed by atoms with Gasteiger partial charge in [0, 0.05) is 22.5 Å². The van der Waals surface area contributed by atoms with Gasteiger partial charge in [0.05, 0.1) is 6.54 Å². The van der Waals surface area contributed by atoms with Crippen LogP contribution in [0.25, 0.3) is 11.4 Å². The SMILES string of the molecule is CCC(CC)NC(=O)C1CCN(Cc2nc(-c3cccc(Cl)c3)no2)CC1. The lowest BCUT2D eigenvalue weighted by Gasteiger charge is -2.31. The van der Waals surface area contributed by atoms with E-state index in [2.05, 4.69) is 34.2 Å². The second-order valence-electron chi connectivity index (χ2n) is 7.09. The maximum Gasteiger partial charge on any atom is 0.241 e. The molecule has 0 radical (unpaired) electrons. The Bertz CT molecular complexity index is 752. The number of piperidine rings is 1. The van der Waals surface area contributed by atoms with Crippen LogP contribution in [0, 0.1) is 5.92 Å². The quantitative estimate of drug-likeness (QED) is 0.776. The molecule has 0 saturated carbocycles. The first-order valence-corrected chi connectivity index (χ1v) is 10.1. The van der Waals surface area contributed by atoms with Crippen molar-refractivity contribution >= 4 is 17.5 Å². The van der Waals surface area contributed by atoms with Crippen LogP contribution in [0.1, 0.15) is 45.4 Å². The smallest absolute Gasteiger partial charge is 0.241 e. The van der Waals surface area contributed by atoms with Crippen molar-refractivity contribution in [1.82, 2.24) is 20.4 Å². The Morgan fingerprint density at radius 1 is 1.33 bits per heavy atom. The average Bonchev–Trinajstić information content (AvgIpc) is 3.15. The lowest BCUT2D eigenvalue weighted by atomic mass is 9.95. The summed E-state index contributed by atoms with van der Waals surface area (Å²) < 4.78 is 5.39. The fourth-order valence-corrected chi connectivity index (χ4v) is 3.61. The van der Waals surface area contributed by atoms with Crippen molar-refractivity contribution in [2.75, 3.05) is 13.1 Å². The number of halogens is 1. The van der Waals surface area contributed by atoms with Crippen LogP contribution < -0.4 is 5.32 Å². The Labute approximate surface area is 165 Å². The first kappa shape index (κ1) is 19.8. The number of carbonyl (C=O) groups excluding carboxylic acids is 1. The highest BCUT2D eigenvalue weighted by molar-refractivity contribution is 6.30. The molecule has 2 aromatic rings. The van der Waals surface area contributed by atoms with Gasteiger partial charge in [0.1, 0.15) is 0 Å². The molecule has 0 atom stereocenters. The molecule has 1 N–H and O–H groups in total. The topological polar surface area (TPSA) is 71.3 Å². The molecule has 0 unspecified atom stereocenters. The number of nitrogens with one attached hydrogen (secondary N) is 1. The third-order valence-corrected chi connectivity index (χ3v) is 5.44. The van der Waals surface area contributed by atoms with Crippen LogP contribution in [-0.4, -0.2) is 40.1 Å². The minimum Gasteiger partial charge on any atom is -0.353 e. The standard InChI is InChI=1S/C20H27ClN4O2/c1-3-17(4-2)22-20(26)14-8-10-25(11-9-14)13-18-23-19(24-27-18)15-6-5-7-16(21)12-15/h5-7,12,14,17H,3-4,8-11,13H2,1-2H3,(H,22,26). The van der Waals surface area contributed by atoms with E-state index >= 15 is 0 Å². The summed E-state index contributed by atoms with van der Waals surface area (Å²) in [7, 11) is 0. The summed E-state index contributed by atoms with van der Waals surface area (Å²) in [6.07, 6.45) is 3.68. The van der Waals surface area contributed by atoms with E-state index in [1.165, 1.54) is 0 Å². The number of hydrogen-bond acceptors (Lipinski definition) is 5. The van der Waals surface area contributed by atoms with Gasteiger partial charge in [-0.3, -0.25) is 9.69 Å². The predicted octanol–water partition coefficient (Wildman–Crippen LogP) is 3.91. The van der Waals surface area contributed by atoms with Crippen molar-refractivity contribution in [3.8, 4) is 11.4 Å². The zero-order valence-electron chi connectivity index (χ0n) is 15.9. The second kappa shape index (κ2) is 9.33. The molecule has 27 heavy (non-hydrogen) atoms. The van der Waals surface area contributed by atoms with Crippen LogP contribution >= 0.6 is 11.6 Å². The molecule has 146 valence electrons. The summed E-state index contributed by atoms with van der Waals surface area (Å²) in [6.45, 7) is 6.54. The molecule has 0 bridgehead atoms. The van der Waals surface area contributed by atoms with Gasteiger partial charge in [0.15, 0.2) is 0 Å². The summed E-state index contributed by atoms with van der Waals surface area (Å²) >= 11 is 6.02. The Morgan fingerprint density at radius 2 is 2.07 bits per heavy atom. The predicted molar refractivity (Wildman–Crippen MR) is 105 cm³/mol. The van der Waals surface area contributed by atoms with Gasteiger partial charge in [-0.05, 0) is 50.9 Å². The van der Waals surface area contributed by atoms with Crippen molar-refractivity contribution in [3.63, 3.8) is 0 Å². The maximum atomic E-state index is 12.4. The molecule has 1 aromatic heterocycles. The van der Waals surface area contributed by atoms with Gasteiger partial charge >= 0.3 is 0 Å². The van der Waals surface area contributed by atoms with Crippen LogP contribution in [0.15, 0.2) is 28.8 Å². The van der Waals surface area contributed by atoms with Gasteiger partial charge in [-0.2, -0.15) is 4.98 Å². The molecule has 1 amide bonds. The Kier molecular flexibility index (Phi) is 6.85. The molecule has 1 fully saturated rings. The molecule has 1 aromatic carbocycles. The summed E-state index contributed by atoms with van der Waals surface area (Å²) in [4.78, 5) is 19.1. The number of amides is 1. The normalized spacial score (nSPS) is 16.0. The van der Waals surface area contributed by atoms with Gasteiger partial charge in [-0.1, -0.05) is 42.7 Å². The van der Waals surface area contributed by atoms with Crippen LogP contribution in [-0.2, 0) is 11.3 Å². The minimum absolute atomic E-state index is 0.103. The lowest BCUT2D eigenvalue weighted by Crippen LogP contribution is -2.43. The van der Waals surface area contributed by atoms with Gasteiger partial charge in [0.2, 0.25) is 17.6 Å². The fraction of sp³-hybridized carbons (Fsp3) is 0.550. The average molecular weight is 391 g/mol. The number of carbonyl (C=O) groups is 1. The number of likely N-dealkylation sites (tertiary alicyclic amines) is 1. The van der Waals surface area contributed by atoms with E-state index in [0.717, 1.165) is 44.3 Å². The van der Waals surface area contributed by atoms with Gasteiger partial charge in [0.25, 0.3) is 0 Å². The van der Waals surface area contributed by atoms with Crippen molar-refractivity contribution in [3.05, 3.63) is 35.2 Å². The summed E-state index contributed by atoms with van der Waals surface area (Å²) in [5.41, 5.74) is 0.842. The van der Waals surface area contributed by atoms with Crippen LogP contribution in [0.4, 0.5) is 0 Å². The van der Waals surface area contributed by atoms with Gasteiger partial charge < -0.3 is 9.84 Å². The third kappa shape index (κ3) is 5.30. The van der Waals surface area contributed by atoms with E-state index in [9.17, 15) is 4.79 Å². The number of rotatable bonds is 7. The Morgan fingerprint density at radius 3 is 2.74 bits per heavy atom. The van der Waals surface area contributed by atoms with E-state index in [0.29, 0.717) is 29.3 Å². The van der Waals surface area contributed by atoms with E-state index < -0.39 is 0 Å². The van der Waals surface area contributed by atoms with Crippen molar-refractivity contribution in [2.24, 2.45) is 5.92 Å². The van der Waals surface area contributed by atoms with Gasteiger partial charge in [-0.15, -0.1) is 0 Å². The molecule has 1 aliphatic rings. The summed E-state index contributed by atoms with van der Waals surface area (Å²) in [5.74, 6) is 1.44. The fourth-order valence-electron chi connectivity index (χ4n) is 3.42. The second-order valence-corrected chi connectivity index (χ2v) is 7.53. The summed E-state index contributed by atoms with van der Waals surface area (Å²) in [5, 5.41) is 7.87. The van der Waals surface area contributed by atoms with Crippen molar-refractivity contribution in [2.45, 2.75) is 52.1 Å². The number of aromatic nitrogens is 2. The molecular weight excluding hydrogens is 364 g/mol. The van der Waals surface area contributed by atoms with E-state index in [-0.39, 0.29) is 11.8 Å². The highest BCUT2D eigenvalue weighted by atomic mass is 35.5. The maximum absolute atomic E-state index is 12.4. The largest absolute Gasteiger partial charge is 0.353 e. The first-order valence-electron chi connectivity index (χ1n) is 9.70. The molecule has 0 spiro atoms. The zero-order chi connectivity index (χ0) is 19.2. The number of nitrogens with zero attached hydrogens (tertiary/aromatic N) is 3. The molecule has 7 heteroatoms. The highest BCUT2D eigenvalue weighted by Gasteiger charge is 2.26. The van der Waals surface area contributed by atoms with Crippen molar-refractivity contribution in [1.29, 1.82) is 0 Å². The van der Waals surface area contributed by atoms with E-state index in [1.807, 2.05) is 24.3 Å². The van der Waals surface area contributed by atoms with Crippen LogP contribution in [0.2, 0.25) is 5.02 Å². The molecule has 2 heterocycles. The zero-order valence-corrected chi connectivity index (χ0v) is 16.7. The monoisotopic (exact) mass is 390 g/mol. The number of hydrogen-bond donors (Lipinski definition) is 1. The van der Waals surface area contributed by atoms with E-state index in [1.54, 1.807) is 0 Å². The van der Waals surface area contributed by atoms with Crippen molar-refractivity contribution < 1.29 is 9.32 Å². The van der Waals surface area contributed by atoms with E-state index in [4.69, 9.17) is 16.1 Å².